The molecule has 8 heteroatoms. The number of halogens is 1. The average Bonchev–Trinajstić information content (AvgIpc) is 2.89. The number of ether oxygens (including phenoxy) is 2. The molecule has 1 N–H and O–H groups in total. The van der Waals surface area contributed by atoms with Gasteiger partial charge in [-0.15, -0.1) is 11.3 Å². The van der Waals surface area contributed by atoms with Gasteiger partial charge in [0, 0.05) is 5.38 Å². The summed E-state index contributed by atoms with van der Waals surface area (Å²) in [5, 5.41) is 12.9. The molecule has 2 atom stereocenters. The third-order valence-electron chi connectivity index (χ3n) is 3.22. The lowest BCUT2D eigenvalue weighted by Crippen LogP contribution is -2.51. The summed E-state index contributed by atoms with van der Waals surface area (Å²) in [6, 6.07) is -0.539. The SMILES string of the molecule is CC(C)(C)OC(=O)N1[C@@H]([C@H](O)c2nc(Br)cs2)COC1(C)C. The van der Waals surface area contributed by atoms with Crippen LogP contribution < -0.4 is 0 Å². The van der Waals surface area contributed by atoms with E-state index in [9.17, 15) is 9.90 Å². The van der Waals surface area contributed by atoms with Crippen LogP contribution in [0.25, 0.3) is 0 Å². The molecule has 1 aromatic heterocycles. The normalized spacial score (nSPS) is 22.7. The zero-order valence-electron chi connectivity index (χ0n) is 13.3. The molecule has 0 aromatic carbocycles. The maximum Gasteiger partial charge on any atom is 0.413 e. The van der Waals surface area contributed by atoms with Crippen molar-refractivity contribution >= 4 is 33.4 Å². The van der Waals surface area contributed by atoms with Gasteiger partial charge in [0.1, 0.15) is 27.0 Å². The van der Waals surface area contributed by atoms with Gasteiger partial charge in [-0.05, 0) is 50.5 Å². The van der Waals surface area contributed by atoms with Gasteiger partial charge < -0.3 is 14.6 Å². The number of rotatable bonds is 2. The number of thiazole rings is 1. The molecule has 22 heavy (non-hydrogen) atoms. The van der Waals surface area contributed by atoms with E-state index in [1.807, 2.05) is 0 Å². The molecule has 0 aliphatic carbocycles. The van der Waals surface area contributed by atoms with Crippen molar-refractivity contribution in [2.75, 3.05) is 6.61 Å². The molecule has 1 aliphatic heterocycles. The van der Waals surface area contributed by atoms with Gasteiger partial charge in [0.05, 0.1) is 12.6 Å². The third-order valence-corrected chi connectivity index (χ3v) is 4.85. The van der Waals surface area contributed by atoms with Crippen LogP contribution in [-0.2, 0) is 9.47 Å². The minimum Gasteiger partial charge on any atom is -0.444 e. The van der Waals surface area contributed by atoms with Crippen molar-refractivity contribution in [3.8, 4) is 0 Å². The number of carbonyl (C=O) groups excluding carboxylic acids is 1. The fraction of sp³-hybridized carbons (Fsp3) is 0.714. The maximum absolute atomic E-state index is 12.5. The van der Waals surface area contributed by atoms with Crippen molar-refractivity contribution in [2.45, 2.75) is 58.1 Å². The minimum atomic E-state index is -0.925. The summed E-state index contributed by atoms with van der Waals surface area (Å²) >= 11 is 4.60. The molecule has 6 nitrogen and oxygen atoms in total. The van der Waals surface area contributed by atoms with Crippen LogP contribution in [0.3, 0.4) is 0 Å². The highest BCUT2D eigenvalue weighted by Gasteiger charge is 2.49. The Hall–Kier alpha value is -0.700. The molecule has 2 rings (SSSR count). The number of hydrogen-bond acceptors (Lipinski definition) is 6. The van der Waals surface area contributed by atoms with Gasteiger partial charge in [-0.3, -0.25) is 4.90 Å². The van der Waals surface area contributed by atoms with Crippen molar-refractivity contribution in [1.29, 1.82) is 0 Å². The number of amides is 1. The van der Waals surface area contributed by atoms with Gasteiger partial charge in [-0.25, -0.2) is 9.78 Å². The highest BCUT2D eigenvalue weighted by molar-refractivity contribution is 9.10. The predicted octanol–water partition coefficient (Wildman–Crippen LogP) is 3.31. The lowest BCUT2D eigenvalue weighted by atomic mass is 10.1. The number of aliphatic hydroxyl groups excluding tert-OH is 1. The molecular formula is C14H21BrN2O4S. The van der Waals surface area contributed by atoms with Gasteiger partial charge in [-0.2, -0.15) is 0 Å². The van der Waals surface area contributed by atoms with E-state index in [-0.39, 0.29) is 6.61 Å². The van der Waals surface area contributed by atoms with Gasteiger partial charge in [0.25, 0.3) is 0 Å². The molecule has 0 radical (unpaired) electrons. The Bertz CT molecular complexity index is 555. The van der Waals surface area contributed by atoms with E-state index in [2.05, 4.69) is 20.9 Å². The number of aliphatic hydroxyl groups is 1. The molecule has 0 spiro atoms. The topological polar surface area (TPSA) is 71.9 Å². The first-order chi connectivity index (χ1) is 10.0. The van der Waals surface area contributed by atoms with Gasteiger partial charge in [0.2, 0.25) is 0 Å². The summed E-state index contributed by atoms with van der Waals surface area (Å²) in [5.41, 5.74) is -1.46. The van der Waals surface area contributed by atoms with E-state index in [1.165, 1.54) is 16.2 Å². The quantitative estimate of drug-likeness (QED) is 0.835. The van der Waals surface area contributed by atoms with Crippen LogP contribution in [0.1, 0.15) is 45.7 Å². The van der Waals surface area contributed by atoms with E-state index < -0.39 is 29.6 Å². The molecule has 0 saturated carbocycles. The average molecular weight is 393 g/mol. The van der Waals surface area contributed by atoms with Crippen LogP contribution in [0.15, 0.2) is 9.98 Å². The summed E-state index contributed by atoms with van der Waals surface area (Å²) in [4.78, 5) is 18.2. The lowest BCUT2D eigenvalue weighted by Gasteiger charge is -2.36. The Morgan fingerprint density at radius 2 is 2.27 bits per heavy atom. The zero-order valence-corrected chi connectivity index (χ0v) is 15.7. The number of hydrogen-bond donors (Lipinski definition) is 1. The van der Waals surface area contributed by atoms with Crippen LogP contribution in [0.2, 0.25) is 0 Å². The summed E-state index contributed by atoms with van der Waals surface area (Å²) in [6.07, 6.45) is -1.43. The zero-order chi connectivity index (χ0) is 16.7. The van der Waals surface area contributed by atoms with Crippen molar-refractivity contribution in [3.63, 3.8) is 0 Å². The molecule has 1 fully saturated rings. The van der Waals surface area contributed by atoms with Crippen molar-refractivity contribution in [2.24, 2.45) is 0 Å². The molecule has 0 unspecified atom stereocenters. The maximum atomic E-state index is 12.5. The Morgan fingerprint density at radius 3 is 2.77 bits per heavy atom. The van der Waals surface area contributed by atoms with E-state index in [4.69, 9.17) is 9.47 Å². The lowest BCUT2D eigenvalue weighted by molar-refractivity contribution is -0.0679. The first kappa shape index (κ1) is 17.7. The third kappa shape index (κ3) is 3.79. The summed E-state index contributed by atoms with van der Waals surface area (Å²) < 4.78 is 11.8. The Kier molecular flexibility index (Phi) is 4.87. The second kappa shape index (κ2) is 6.07. The minimum absolute atomic E-state index is 0.227. The first-order valence-corrected chi connectivity index (χ1v) is 8.64. The van der Waals surface area contributed by atoms with Crippen LogP contribution in [0, 0.1) is 0 Å². The Labute approximate surface area is 142 Å². The van der Waals surface area contributed by atoms with E-state index >= 15 is 0 Å². The summed E-state index contributed by atoms with van der Waals surface area (Å²) in [6.45, 7) is 9.20. The smallest absolute Gasteiger partial charge is 0.413 e. The van der Waals surface area contributed by atoms with Gasteiger partial charge in [-0.1, -0.05) is 0 Å². The first-order valence-electron chi connectivity index (χ1n) is 6.96. The van der Waals surface area contributed by atoms with Gasteiger partial charge in [0.15, 0.2) is 0 Å². The van der Waals surface area contributed by atoms with Crippen LogP contribution in [-0.4, -0.2) is 45.1 Å². The monoisotopic (exact) mass is 392 g/mol. The second-order valence-electron chi connectivity index (χ2n) is 6.63. The fourth-order valence-corrected chi connectivity index (χ4v) is 3.61. The predicted molar refractivity (Wildman–Crippen MR) is 86.7 cm³/mol. The van der Waals surface area contributed by atoms with Crippen LogP contribution in [0.5, 0.6) is 0 Å². The highest BCUT2D eigenvalue weighted by Crippen LogP contribution is 2.36. The molecule has 1 aliphatic rings. The highest BCUT2D eigenvalue weighted by atomic mass is 79.9. The van der Waals surface area contributed by atoms with E-state index in [0.29, 0.717) is 9.61 Å². The number of nitrogens with zero attached hydrogens (tertiary/aromatic N) is 2. The Morgan fingerprint density at radius 1 is 1.64 bits per heavy atom. The molecular weight excluding hydrogens is 372 g/mol. The van der Waals surface area contributed by atoms with Crippen LogP contribution in [0.4, 0.5) is 4.79 Å². The summed E-state index contributed by atoms with van der Waals surface area (Å²) in [5.74, 6) is 0. The van der Waals surface area contributed by atoms with Crippen molar-refractivity contribution in [3.05, 3.63) is 15.0 Å². The van der Waals surface area contributed by atoms with Gasteiger partial charge >= 0.3 is 6.09 Å². The molecule has 124 valence electrons. The largest absolute Gasteiger partial charge is 0.444 e. The van der Waals surface area contributed by atoms with E-state index in [0.717, 1.165) is 0 Å². The number of aromatic nitrogens is 1. The molecule has 1 amide bonds. The Balaban J connectivity index is 2.24. The number of carbonyl (C=O) groups is 1. The summed E-state index contributed by atoms with van der Waals surface area (Å²) in [7, 11) is 0. The van der Waals surface area contributed by atoms with Crippen LogP contribution >= 0.6 is 27.3 Å². The van der Waals surface area contributed by atoms with Crippen molar-refractivity contribution < 1.29 is 19.4 Å². The standard InChI is InChI=1S/C14H21BrN2O4S/c1-13(2,3)21-12(19)17-8(6-20-14(17,4)5)10(18)11-16-9(15)7-22-11/h7-8,10,18H,6H2,1-5H3/t8-,10+/m1/s1. The fourth-order valence-electron chi connectivity index (χ4n) is 2.30. The molecule has 2 heterocycles. The van der Waals surface area contributed by atoms with Crippen molar-refractivity contribution in [1.82, 2.24) is 9.88 Å². The molecule has 0 bridgehead atoms. The molecule has 1 saturated heterocycles. The molecule has 1 aromatic rings. The second-order valence-corrected chi connectivity index (χ2v) is 8.33. The van der Waals surface area contributed by atoms with E-state index in [1.54, 1.807) is 40.0 Å².